The molecule has 0 saturated carbocycles. The molecule has 0 amide bonds. The number of nitrogens with zero attached hydrogens (tertiary/aromatic N) is 5. The Labute approximate surface area is 175 Å². The highest BCUT2D eigenvalue weighted by Gasteiger charge is 2.12. The van der Waals surface area contributed by atoms with Crippen molar-refractivity contribution < 1.29 is 4.42 Å². The fourth-order valence-electron chi connectivity index (χ4n) is 2.83. The summed E-state index contributed by atoms with van der Waals surface area (Å²) in [5, 5.41) is 16.2. The lowest BCUT2D eigenvalue weighted by atomic mass is 10.2. The third kappa shape index (κ3) is 4.25. The molecule has 4 aromatic rings. The Hall–Kier alpha value is -2.91. The van der Waals surface area contributed by atoms with Crippen LogP contribution < -0.4 is 10.9 Å². The van der Waals surface area contributed by atoms with Crippen molar-refractivity contribution >= 4 is 40.2 Å². The first-order valence-electron chi connectivity index (χ1n) is 8.98. The van der Waals surface area contributed by atoms with E-state index in [9.17, 15) is 4.79 Å². The second-order valence-electron chi connectivity index (χ2n) is 6.31. The van der Waals surface area contributed by atoms with Crippen molar-refractivity contribution in [2.75, 3.05) is 5.32 Å². The minimum atomic E-state index is -0.288. The normalized spacial score (nSPS) is 11.3. The van der Waals surface area contributed by atoms with E-state index in [0.717, 1.165) is 5.56 Å². The van der Waals surface area contributed by atoms with Crippen LogP contribution in [0.2, 0.25) is 10.0 Å². The maximum absolute atomic E-state index is 12.6. The SMILES string of the molecule is CCc1nnc(CCn2ncc3nc(NCc4ccc(Cl)c(Cl)c4)[nH]c(=O)c32)o1. The van der Waals surface area contributed by atoms with E-state index in [0.29, 0.717) is 64.7 Å². The van der Waals surface area contributed by atoms with Crippen LogP contribution in [0.4, 0.5) is 5.95 Å². The van der Waals surface area contributed by atoms with Gasteiger partial charge in [-0.05, 0) is 17.7 Å². The van der Waals surface area contributed by atoms with Crippen LogP contribution in [0.5, 0.6) is 0 Å². The zero-order valence-electron chi connectivity index (χ0n) is 15.4. The Morgan fingerprint density at radius 3 is 2.79 bits per heavy atom. The van der Waals surface area contributed by atoms with Crippen LogP contribution >= 0.6 is 23.2 Å². The number of halogens is 2. The van der Waals surface area contributed by atoms with E-state index in [2.05, 4.69) is 30.6 Å². The van der Waals surface area contributed by atoms with Crippen molar-refractivity contribution in [2.45, 2.75) is 32.9 Å². The van der Waals surface area contributed by atoms with Gasteiger partial charge in [0.1, 0.15) is 5.52 Å². The van der Waals surface area contributed by atoms with Crippen molar-refractivity contribution in [3.8, 4) is 0 Å². The van der Waals surface area contributed by atoms with Gasteiger partial charge in [-0.3, -0.25) is 14.5 Å². The molecule has 3 aromatic heterocycles. The standard InChI is InChI=1S/C18H17Cl2N7O2/c1-2-14-25-26-15(29-14)5-6-27-16-13(9-22-27)23-18(24-17(16)28)21-8-10-3-4-11(19)12(20)7-10/h3-4,7,9H,2,5-6,8H2,1H3,(H2,21,23,24,28). The summed E-state index contributed by atoms with van der Waals surface area (Å²) in [6, 6.07) is 5.32. The zero-order valence-corrected chi connectivity index (χ0v) is 17.0. The summed E-state index contributed by atoms with van der Waals surface area (Å²) in [5.41, 5.74) is 1.50. The van der Waals surface area contributed by atoms with E-state index in [1.807, 2.05) is 13.0 Å². The van der Waals surface area contributed by atoms with Gasteiger partial charge in [0.25, 0.3) is 5.56 Å². The average Bonchev–Trinajstić information content (AvgIpc) is 3.34. The van der Waals surface area contributed by atoms with Crippen LogP contribution in [-0.2, 0) is 25.9 Å². The molecule has 0 aliphatic carbocycles. The lowest BCUT2D eigenvalue weighted by Gasteiger charge is -2.07. The van der Waals surface area contributed by atoms with Gasteiger partial charge in [-0.1, -0.05) is 36.2 Å². The highest BCUT2D eigenvalue weighted by atomic mass is 35.5. The largest absolute Gasteiger partial charge is 0.425 e. The highest BCUT2D eigenvalue weighted by molar-refractivity contribution is 6.42. The number of aromatic nitrogens is 6. The molecule has 0 spiro atoms. The first kappa shape index (κ1) is 19.4. The Balaban J connectivity index is 1.49. The number of anilines is 1. The maximum atomic E-state index is 12.6. The molecule has 1 aromatic carbocycles. The summed E-state index contributed by atoms with van der Waals surface area (Å²) < 4.78 is 7.07. The fourth-order valence-corrected chi connectivity index (χ4v) is 3.15. The molecule has 0 atom stereocenters. The number of benzene rings is 1. The van der Waals surface area contributed by atoms with Gasteiger partial charge in [-0.15, -0.1) is 10.2 Å². The van der Waals surface area contributed by atoms with Crippen molar-refractivity contribution in [3.05, 3.63) is 62.1 Å². The van der Waals surface area contributed by atoms with Crippen molar-refractivity contribution in [3.63, 3.8) is 0 Å². The third-order valence-corrected chi connectivity index (χ3v) is 5.03. The number of rotatable bonds is 7. The van der Waals surface area contributed by atoms with Crippen molar-refractivity contribution in [1.82, 2.24) is 29.9 Å². The van der Waals surface area contributed by atoms with E-state index in [-0.39, 0.29) is 5.56 Å². The van der Waals surface area contributed by atoms with Crippen LogP contribution in [0.3, 0.4) is 0 Å². The Kier molecular flexibility index (Phi) is 5.50. The summed E-state index contributed by atoms with van der Waals surface area (Å²) in [4.78, 5) is 19.7. The van der Waals surface area contributed by atoms with E-state index >= 15 is 0 Å². The van der Waals surface area contributed by atoms with Crippen LogP contribution in [0.15, 0.2) is 33.6 Å². The average molecular weight is 434 g/mol. The number of nitrogens with one attached hydrogen (secondary N) is 2. The third-order valence-electron chi connectivity index (χ3n) is 4.29. The Morgan fingerprint density at radius 2 is 2.03 bits per heavy atom. The summed E-state index contributed by atoms with van der Waals surface area (Å²) in [7, 11) is 0. The minimum Gasteiger partial charge on any atom is -0.425 e. The van der Waals surface area contributed by atoms with Crippen molar-refractivity contribution in [2.24, 2.45) is 0 Å². The first-order chi connectivity index (χ1) is 14.0. The second kappa shape index (κ2) is 8.22. The smallest absolute Gasteiger partial charge is 0.278 e. The maximum Gasteiger partial charge on any atom is 0.278 e. The van der Waals surface area contributed by atoms with Gasteiger partial charge in [0.2, 0.25) is 17.7 Å². The van der Waals surface area contributed by atoms with Gasteiger partial charge in [-0.25, -0.2) is 4.98 Å². The predicted molar refractivity (Wildman–Crippen MR) is 109 cm³/mol. The number of H-pyrrole nitrogens is 1. The summed E-state index contributed by atoms with van der Waals surface area (Å²) in [5.74, 6) is 1.44. The molecule has 0 fully saturated rings. The lowest BCUT2D eigenvalue weighted by molar-refractivity contribution is 0.438. The number of aromatic amines is 1. The van der Waals surface area contributed by atoms with E-state index in [1.165, 1.54) is 0 Å². The molecule has 0 unspecified atom stereocenters. The molecule has 0 aliphatic heterocycles. The second-order valence-corrected chi connectivity index (χ2v) is 7.13. The van der Waals surface area contributed by atoms with Gasteiger partial charge >= 0.3 is 0 Å². The number of fused-ring (bicyclic) bond motifs is 1. The molecule has 0 radical (unpaired) electrons. The lowest BCUT2D eigenvalue weighted by Crippen LogP contribution is -2.16. The number of aryl methyl sites for hydroxylation is 3. The molecule has 11 heteroatoms. The van der Waals surface area contributed by atoms with Gasteiger partial charge in [0.15, 0.2) is 5.52 Å². The number of hydrogen-bond acceptors (Lipinski definition) is 7. The molecule has 29 heavy (non-hydrogen) atoms. The Bertz CT molecular complexity index is 1210. The molecule has 0 aliphatic rings. The van der Waals surface area contributed by atoms with Gasteiger partial charge in [-0.2, -0.15) is 5.10 Å². The molecule has 3 heterocycles. The topological polar surface area (TPSA) is 115 Å². The summed E-state index contributed by atoms with van der Waals surface area (Å²) in [6.45, 7) is 2.79. The minimum absolute atomic E-state index is 0.288. The molecule has 0 saturated heterocycles. The quantitative estimate of drug-likeness (QED) is 0.459. The zero-order chi connectivity index (χ0) is 20.4. The molecule has 0 bridgehead atoms. The first-order valence-corrected chi connectivity index (χ1v) is 9.74. The number of hydrogen-bond donors (Lipinski definition) is 2. The van der Waals surface area contributed by atoms with Gasteiger partial charge in [0.05, 0.1) is 22.8 Å². The molecule has 4 rings (SSSR count). The summed E-state index contributed by atoms with van der Waals surface area (Å²) >= 11 is 12.0. The Morgan fingerprint density at radius 1 is 1.21 bits per heavy atom. The van der Waals surface area contributed by atoms with E-state index < -0.39 is 0 Å². The van der Waals surface area contributed by atoms with Crippen LogP contribution in [0.1, 0.15) is 24.3 Å². The molecule has 150 valence electrons. The van der Waals surface area contributed by atoms with Gasteiger partial charge in [0, 0.05) is 19.4 Å². The highest BCUT2D eigenvalue weighted by Crippen LogP contribution is 2.22. The molecular weight excluding hydrogens is 417 g/mol. The van der Waals surface area contributed by atoms with Crippen LogP contribution in [0, 0.1) is 0 Å². The van der Waals surface area contributed by atoms with Crippen molar-refractivity contribution in [1.29, 1.82) is 0 Å². The van der Waals surface area contributed by atoms with E-state index in [4.69, 9.17) is 27.6 Å². The predicted octanol–water partition coefficient (Wildman–Crippen LogP) is 3.23. The molecule has 9 nitrogen and oxygen atoms in total. The monoisotopic (exact) mass is 433 g/mol. The van der Waals surface area contributed by atoms with Gasteiger partial charge < -0.3 is 9.73 Å². The summed E-state index contributed by atoms with van der Waals surface area (Å²) in [6.07, 6.45) is 2.71. The molecule has 2 N–H and O–H groups in total. The van der Waals surface area contributed by atoms with Crippen LogP contribution in [-0.4, -0.2) is 29.9 Å². The van der Waals surface area contributed by atoms with Crippen LogP contribution in [0.25, 0.3) is 11.0 Å². The fraction of sp³-hybridized carbons (Fsp3) is 0.278. The molecular formula is C18H17Cl2N7O2. The van der Waals surface area contributed by atoms with E-state index in [1.54, 1.807) is 23.0 Å².